The molecule has 0 aliphatic carbocycles. The van der Waals surface area contributed by atoms with Gasteiger partial charge in [0.25, 0.3) is 0 Å². The monoisotopic (exact) mass is 356 g/mol. The van der Waals surface area contributed by atoms with Crippen molar-refractivity contribution in [2.75, 3.05) is 0 Å². The summed E-state index contributed by atoms with van der Waals surface area (Å²) in [7, 11) is 0. The zero-order valence-corrected chi connectivity index (χ0v) is 12.2. The van der Waals surface area contributed by atoms with E-state index in [2.05, 4.69) is 44.0 Å². The Morgan fingerprint density at radius 1 is 1.06 bits per heavy atom. The molecule has 88 valence electrons. The van der Waals surface area contributed by atoms with E-state index >= 15 is 0 Å². The van der Waals surface area contributed by atoms with Crippen LogP contribution in [-0.4, -0.2) is 0 Å². The van der Waals surface area contributed by atoms with Crippen molar-refractivity contribution < 1.29 is 4.39 Å². The van der Waals surface area contributed by atoms with E-state index in [0.29, 0.717) is 4.47 Å². The van der Waals surface area contributed by atoms with Gasteiger partial charge >= 0.3 is 0 Å². The molecular formula is C14H11Br2F. The fourth-order valence-electron chi connectivity index (χ4n) is 1.65. The Labute approximate surface area is 117 Å². The smallest absolute Gasteiger partial charge is 0.137 e. The van der Waals surface area contributed by atoms with Gasteiger partial charge in [0.05, 0.1) is 4.47 Å². The average Bonchev–Trinajstić information content (AvgIpc) is 2.34. The van der Waals surface area contributed by atoms with Crippen LogP contribution in [0, 0.1) is 5.82 Å². The molecule has 0 fully saturated rings. The molecule has 17 heavy (non-hydrogen) atoms. The van der Waals surface area contributed by atoms with Crippen LogP contribution in [0.4, 0.5) is 4.39 Å². The Morgan fingerprint density at radius 2 is 1.76 bits per heavy atom. The van der Waals surface area contributed by atoms with Crippen molar-refractivity contribution in [2.24, 2.45) is 0 Å². The minimum atomic E-state index is -0.222. The van der Waals surface area contributed by atoms with Gasteiger partial charge in [-0.15, -0.1) is 0 Å². The maximum absolute atomic E-state index is 13.4. The molecular weight excluding hydrogens is 347 g/mol. The summed E-state index contributed by atoms with van der Waals surface area (Å²) in [5.41, 5.74) is 2.19. The highest BCUT2D eigenvalue weighted by atomic mass is 79.9. The highest BCUT2D eigenvalue weighted by molar-refractivity contribution is 9.10. The van der Waals surface area contributed by atoms with Crippen LogP contribution in [0.25, 0.3) is 0 Å². The molecule has 0 N–H and O–H groups in total. The van der Waals surface area contributed by atoms with Crippen molar-refractivity contribution in [1.82, 2.24) is 0 Å². The molecule has 1 atom stereocenters. The first-order valence-electron chi connectivity index (χ1n) is 5.30. The molecule has 0 amide bonds. The van der Waals surface area contributed by atoms with E-state index in [1.807, 2.05) is 24.3 Å². The average molecular weight is 358 g/mol. The second kappa shape index (κ2) is 5.78. The van der Waals surface area contributed by atoms with Gasteiger partial charge in [-0.1, -0.05) is 52.3 Å². The van der Waals surface area contributed by atoms with Gasteiger partial charge in [-0.25, -0.2) is 4.39 Å². The molecule has 0 aromatic heterocycles. The van der Waals surface area contributed by atoms with E-state index in [1.165, 1.54) is 5.56 Å². The van der Waals surface area contributed by atoms with E-state index in [0.717, 1.165) is 12.0 Å². The zero-order chi connectivity index (χ0) is 12.3. The lowest BCUT2D eigenvalue weighted by Crippen LogP contribution is -1.96. The van der Waals surface area contributed by atoms with E-state index in [4.69, 9.17) is 0 Å². The Morgan fingerprint density at radius 3 is 2.41 bits per heavy atom. The van der Waals surface area contributed by atoms with Gasteiger partial charge in [0.15, 0.2) is 0 Å². The van der Waals surface area contributed by atoms with Crippen LogP contribution >= 0.6 is 31.9 Å². The van der Waals surface area contributed by atoms with Gasteiger partial charge in [0.2, 0.25) is 0 Å². The van der Waals surface area contributed by atoms with Gasteiger partial charge in [0, 0.05) is 4.83 Å². The maximum atomic E-state index is 13.4. The number of alkyl halides is 1. The van der Waals surface area contributed by atoms with E-state index in [-0.39, 0.29) is 10.6 Å². The lowest BCUT2D eigenvalue weighted by atomic mass is 10.0. The number of halogens is 3. The molecule has 0 saturated carbocycles. The number of benzene rings is 2. The first-order chi connectivity index (χ1) is 8.16. The van der Waals surface area contributed by atoms with Crippen LogP contribution in [0.15, 0.2) is 53.0 Å². The summed E-state index contributed by atoms with van der Waals surface area (Å²) in [6.07, 6.45) is 0.849. The predicted molar refractivity (Wildman–Crippen MR) is 75.9 cm³/mol. The third kappa shape index (κ3) is 3.39. The molecule has 3 heteroatoms. The first-order valence-corrected chi connectivity index (χ1v) is 7.00. The maximum Gasteiger partial charge on any atom is 0.137 e. The molecule has 2 aromatic carbocycles. The lowest BCUT2D eigenvalue weighted by molar-refractivity contribution is 0.618. The quantitative estimate of drug-likeness (QED) is 0.656. The molecule has 2 rings (SSSR count). The van der Waals surface area contributed by atoms with Gasteiger partial charge < -0.3 is 0 Å². The summed E-state index contributed by atoms with van der Waals surface area (Å²) in [6.45, 7) is 0. The molecule has 0 spiro atoms. The minimum absolute atomic E-state index is 0.132. The number of hydrogen-bond acceptors (Lipinski definition) is 0. The fourth-order valence-corrected chi connectivity index (χ4v) is 2.55. The van der Waals surface area contributed by atoms with Gasteiger partial charge in [-0.05, 0) is 45.6 Å². The zero-order valence-electron chi connectivity index (χ0n) is 9.04. The largest absolute Gasteiger partial charge is 0.206 e. The summed E-state index contributed by atoms with van der Waals surface area (Å²) >= 11 is 6.75. The molecule has 0 nitrogen and oxygen atoms in total. The predicted octanol–water partition coefficient (Wildman–Crippen LogP) is 5.27. The Kier molecular flexibility index (Phi) is 4.35. The molecule has 0 aliphatic heterocycles. The third-order valence-electron chi connectivity index (χ3n) is 2.56. The van der Waals surface area contributed by atoms with Crippen molar-refractivity contribution in [1.29, 1.82) is 0 Å². The van der Waals surface area contributed by atoms with Crippen LogP contribution in [-0.2, 0) is 6.42 Å². The minimum Gasteiger partial charge on any atom is -0.206 e. The fraction of sp³-hybridized carbons (Fsp3) is 0.143. The highest BCUT2D eigenvalue weighted by Crippen LogP contribution is 2.29. The van der Waals surface area contributed by atoms with Crippen molar-refractivity contribution in [3.8, 4) is 0 Å². The van der Waals surface area contributed by atoms with Crippen molar-refractivity contribution in [2.45, 2.75) is 11.2 Å². The third-order valence-corrected chi connectivity index (χ3v) is 4.06. The highest BCUT2D eigenvalue weighted by Gasteiger charge is 2.10. The van der Waals surface area contributed by atoms with Crippen molar-refractivity contribution in [3.63, 3.8) is 0 Å². The summed E-state index contributed by atoms with van der Waals surface area (Å²) in [4.78, 5) is 0.132. The van der Waals surface area contributed by atoms with Crippen LogP contribution in [0.2, 0.25) is 0 Å². The molecule has 0 saturated heterocycles. The normalized spacial score (nSPS) is 12.4. The van der Waals surface area contributed by atoms with Gasteiger partial charge in [-0.3, -0.25) is 0 Å². The molecule has 0 aliphatic rings. The SMILES string of the molecule is Fc1cc(C(Br)Cc2ccccc2)ccc1Br. The standard InChI is InChI=1S/C14H11Br2F/c15-12-7-6-11(9-14(12)17)13(16)8-10-4-2-1-3-5-10/h1-7,9,13H,8H2. The molecule has 2 aromatic rings. The topological polar surface area (TPSA) is 0 Å². The van der Waals surface area contributed by atoms with Crippen LogP contribution < -0.4 is 0 Å². The Bertz CT molecular complexity index is 497. The molecule has 0 bridgehead atoms. The second-order valence-electron chi connectivity index (χ2n) is 3.83. The first kappa shape index (κ1) is 12.8. The number of hydrogen-bond donors (Lipinski definition) is 0. The van der Waals surface area contributed by atoms with Gasteiger partial charge in [0.1, 0.15) is 5.82 Å². The van der Waals surface area contributed by atoms with E-state index in [9.17, 15) is 4.39 Å². The summed E-state index contributed by atoms with van der Waals surface area (Å²) in [5, 5.41) is 0. The van der Waals surface area contributed by atoms with Crippen molar-refractivity contribution >= 4 is 31.9 Å². The van der Waals surface area contributed by atoms with Crippen LogP contribution in [0.5, 0.6) is 0 Å². The van der Waals surface area contributed by atoms with E-state index in [1.54, 1.807) is 12.1 Å². The van der Waals surface area contributed by atoms with Crippen LogP contribution in [0.3, 0.4) is 0 Å². The van der Waals surface area contributed by atoms with Crippen LogP contribution in [0.1, 0.15) is 16.0 Å². The van der Waals surface area contributed by atoms with Crippen molar-refractivity contribution in [3.05, 3.63) is 69.9 Å². The lowest BCUT2D eigenvalue weighted by Gasteiger charge is -2.10. The summed E-state index contributed by atoms with van der Waals surface area (Å²) in [6, 6.07) is 15.4. The van der Waals surface area contributed by atoms with E-state index < -0.39 is 0 Å². The molecule has 0 radical (unpaired) electrons. The summed E-state index contributed by atoms with van der Waals surface area (Å²) in [5.74, 6) is -0.222. The van der Waals surface area contributed by atoms with Gasteiger partial charge in [-0.2, -0.15) is 0 Å². The Hall–Kier alpha value is -0.670. The summed E-state index contributed by atoms with van der Waals surface area (Å²) < 4.78 is 13.9. The molecule has 0 heterocycles. The second-order valence-corrected chi connectivity index (χ2v) is 5.79. The molecule has 1 unspecified atom stereocenters. The Balaban J connectivity index is 2.14. The number of rotatable bonds is 3.